The fourth-order valence-corrected chi connectivity index (χ4v) is 4.56. The number of nitrogens with one attached hydrogen (secondary N) is 1. The number of urea groups is 1. The average molecular weight is 482 g/mol. The van der Waals surface area contributed by atoms with Crippen molar-refractivity contribution in [2.45, 2.75) is 64.7 Å². The van der Waals surface area contributed by atoms with Crippen LogP contribution in [0.15, 0.2) is 42.5 Å². The van der Waals surface area contributed by atoms with Crippen molar-refractivity contribution in [2.24, 2.45) is 11.7 Å². The smallest absolute Gasteiger partial charge is 0.326 e. The van der Waals surface area contributed by atoms with Crippen molar-refractivity contribution < 1.29 is 19.1 Å². The summed E-state index contributed by atoms with van der Waals surface area (Å²) < 4.78 is 11.1. The molecular formula is C28H39N3O4. The zero-order chi connectivity index (χ0) is 25.4. The van der Waals surface area contributed by atoms with Crippen molar-refractivity contribution in [1.29, 1.82) is 0 Å². The van der Waals surface area contributed by atoms with Crippen LogP contribution in [0.2, 0.25) is 0 Å². The lowest BCUT2D eigenvalue weighted by atomic mass is 9.85. The number of benzene rings is 2. The maximum Gasteiger partial charge on any atom is 0.326 e. The van der Waals surface area contributed by atoms with Gasteiger partial charge in [-0.15, -0.1) is 0 Å². The molecule has 3 rings (SSSR count). The minimum absolute atomic E-state index is 0.263. The summed E-state index contributed by atoms with van der Waals surface area (Å²) in [7, 11) is 1.57. The van der Waals surface area contributed by atoms with Crippen molar-refractivity contribution in [3.05, 3.63) is 48.0 Å². The number of hydrogen-bond acceptors (Lipinski definition) is 5. The Morgan fingerprint density at radius 3 is 2.37 bits per heavy atom. The second-order valence-corrected chi connectivity index (χ2v) is 10.2. The van der Waals surface area contributed by atoms with E-state index in [0.717, 1.165) is 17.7 Å². The van der Waals surface area contributed by atoms with E-state index in [2.05, 4.69) is 5.32 Å². The molecule has 0 atom stereocenters. The van der Waals surface area contributed by atoms with Gasteiger partial charge >= 0.3 is 12.0 Å². The minimum Gasteiger partial charge on any atom is -0.497 e. The van der Waals surface area contributed by atoms with Crippen LogP contribution in [0.25, 0.3) is 0 Å². The number of ether oxygens (including phenoxy) is 2. The molecular weight excluding hydrogens is 442 g/mol. The van der Waals surface area contributed by atoms with Crippen LogP contribution in [-0.4, -0.2) is 32.2 Å². The summed E-state index contributed by atoms with van der Waals surface area (Å²) in [6.07, 6.45) is 7.20. The number of nitrogens with two attached hydrogens (primary N) is 1. The van der Waals surface area contributed by atoms with Gasteiger partial charge in [0.25, 0.3) is 0 Å². The molecule has 0 aliphatic heterocycles. The number of carbonyl (C=O) groups excluding carboxylic acids is 2. The molecule has 0 unspecified atom stereocenters. The van der Waals surface area contributed by atoms with E-state index in [4.69, 9.17) is 15.2 Å². The normalized spacial score (nSPS) is 14.3. The van der Waals surface area contributed by atoms with Crippen LogP contribution in [-0.2, 0) is 10.2 Å². The molecule has 0 spiro atoms. The topological polar surface area (TPSA) is 93.9 Å². The Labute approximate surface area is 209 Å². The van der Waals surface area contributed by atoms with Crippen molar-refractivity contribution >= 4 is 23.4 Å². The third kappa shape index (κ3) is 7.21. The first-order chi connectivity index (χ1) is 16.7. The SMILES string of the molecule is COc1cc(NC(=O)N(CCC2CCCCC2)c2ccccc2)c(OC(=O)CN)c(C(C)(C)C)c1. The Hall–Kier alpha value is -3.06. The molecule has 1 saturated carbocycles. The highest BCUT2D eigenvalue weighted by atomic mass is 16.5. The van der Waals surface area contributed by atoms with Crippen molar-refractivity contribution in [1.82, 2.24) is 0 Å². The molecule has 2 amide bonds. The first-order valence-electron chi connectivity index (χ1n) is 12.5. The predicted octanol–water partition coefficient (Wildman–Crippen LogP) is 5.87. The monoisotopic (exact) mass is 481 g/mol. The van der Waals surface area contributed by atoms with E-state index in [1.807, 2.05) is 57.2 Å². The van der Waals surface area contributed by atoms with E-state index in [0.29, 0.717) is 29.6 Å². The zero-order valence-electron chi connectivity index (χ0n) is 21.4. The Kier molecular flexibility index (Phi) is 9.15. The number of rotatable bonds is 8. The summed E-state index contributed by atoms with van der Waals surface area (Å²) >= 11 is 0. The van der Waals surface area contributed by atoms with Crippen LogP contribution in [0.5, 0.6) is 11.5 Å². The van der Waals surface area contributed by atoms with Crippen LogP contribution in [0, 0.1) is 5.92 Å². The summed E-state index contributed by atoms with van der Waals surface area (Å²) in [6, 6.07) is 12.9. The van der Waals surface area contributed by atoms with Gasteiger partial charge in [-0.1, -0.05) is 71.1 Å². The van der Waals surface area contributed by atoms with Gasteiger partial charge in [0.15, 0.2) is 5.75 Å². The molecule has 0 bridgehead atoms. The molecule has 1 fully saturated rings. The Bertz CT molecular complexity index is 995. The van der Waals surface area contributed by atoms with Gasteiger partial charge in [0.05, 0.1) is 19.3 Å². The van der Waals surface area contributed by atoms with E-state index < -0.39 is 5.97 Å². The molecule has 2 aromatic carbocycles. The molecule has 0 radical (unpaired) electrons. The van der Waals surface area contributed by atoms with E-state index in [9.17, 15) is 9.59 Å². The second kappa shape index (κ2) is 12.1. The third-order valence-corrected chi connectivity index (χ3v) is 6.53. The highest BCUT2D eigenvalue weighted by Crippen LogP contribution is 2.41. The maximum absolute atomic E-state index is 13.7. The molecule has 190 valence electrons. The summed E-state index contributed by atoms with van der Waals surface area (Å²) in [5.74, 6) is 0.912. The highest BCUT2D eigenvalue weighted by molar-refractivity contribution is 6.03. The molecule has 35 heavy (non-hydrogen) atoms. The van der Waals surface area contributed by atoms with Crippen LogP contribution in [0.1, 0.15) is 64.9 Å². The van der Waals surface area contributed by atoms with Crippen molar-refractivity contribution in [3.63, 3.8) is 0 Å². The number of anilines is 2. The molecule has 0 saturated heterocycles. The van der Waals surface area contributed by atoms with Crippen LogP contribution < -0.4 is 25.4 Å². The summed E-state index contributed by atoms with van der Waals surface area (Å²) in [6.45, 7) is 6.36. The number of methoxy groups -OCH3 is 1. The molecule has 7 heteroatoms. The molecule has 7 nitrogen and oxygen atoms in total. The Morgan fingerprint density at radius 2 is 1.77 bits per heavy atom. The number of hydrogen-bond donors (Lipinski definition) is 2. The maximum atomic E-state index is 13.7. The summed E-state index contributed by atoms with van der Waals surface area (Å²) in [5, 5.41) is 3.00. The number of nitrogens with zero attached hydrogens (tertiary/aromatic N) is 1. The van der Waals surface area contributed by atoms with Gasteiger partial charge < -0.3 is 20.5 Å². The number of esters is 1. The van der Waals surface area contributed by atoms with E-state index >= 15 is 0 Å². The summed E-state index contributed by atoms with van der Waals surface area (Å²) in [4.78, 5) is 27.6. The van der Waals surface area contributed by atoms with Crippen molar-refractivity contribution in [2.75, 3.05) is 30.4 Å². The molecule has 0 heterocycles. The summed E-state index contributed by atoms with van der Waals surface area (Å²) in [5.41, 5.74) is 7.08. The van der Waals surface area contributed by atoms with Crippen LogP contribution in [0.4, 0.5) is 16.2 Å². The lowest BCUT2D eigenvalue weighted by molar-refractivity contribution is -0.132. The molecule has 1 aliphatic rings. The van der Waals surface area contributed by atoms with Gasteiger partial charge in [-0.3, -0.25) is 9.69 Å². The lowest BCUT2D eigenvalue weighted by Gasteiger charge is -2.29. The molecule has 3 N–H and O–H groups in total. The van der Waals surface area contributed by atoms with E-state index in [1.165, 1.54) is 32.1 Å². The third-order valence-electron chi connectivity index (χ3n) is 6.53. The van der Waals surface area contributed by atoms with Gasteiger partial charge in [-0.05, 0) is 36.0 Å². The molecule has 0 aromatic heterocycles. The van der Waals surface area contributed by atoms with Gasteiger partial charge in [0.2, 0.25) is 0 Å². The van der Waals surface area contributed by atoms with Crippen LogP contribution in [0.3, 0.4) is 0 Å². The molecule has 2 aromatic rings. The van der Waals surface area contributed by atoms with Gasteiger partial charge in [-0.2, -0.15) is 0 Å². The number of para-hydroxylation sites is 1. The largest absolute Gasteiger partial charge is 0.497 e. The predicted molar refractivity (Wildman–Crippen MR) is 140 cm³/mol. The van der Waals surface area contributed by atoms with E-state index in [1.54, 1.807) is 18.1 Å². The highest BCUT2D eigenvalue weighted by Gasteiger charge is 2.27. The van der Waals surface area contributed by atoms with Gasteiger partial charge in [0, 0.05) is 23.9 Å². The number of carbonyl (C=O) groups is 2. The zero-order valence-corrected chi connectivity index (χ0v) is 21.4. The number of amides is 2. The molecule has 1 aliphatic carbocycles. The van der Waals surface area contributed by atoms with Crippen LogP contribution >= 0.6 is 0 Å². The first kappa shape index (κ1) is 26.5. The first-order valence-corrected chi connectivity index (χ1v) is 12.5. The minimum atomic E-state index is -0.576. The Morgan fingerprint density at radius 1 is 1.09 bits per heavy atom. The fourth-order valence-electron chi connectivity index (χ4n) is 4.56. The Balaban J connectivity index is 1.94. The lowest BCUT2D eigenvalue weighted by Crippen LogP contribution is -2.37. The average Bonchev–Trinajstić information content (AvgIpc) is 2.85. The van der Waals surface area contributed by atoms with Crippen molar-refractivity contribution in [3.8, 4) is 11.5 Å². The second-order valence-electron chi connectivity index (χ2n) is 10.2. The standard InChI is InChI=1S/C28H39N3O4/c1-28(2,3)23-17-22(34-4)18-24(26(23)35-25(32)19-29)30-27(33)31(21-13-9-6-10-14-21)16-15-20-11-7-5-8-12-20/h6,9-10,13-14,17-18,20H,5,7-8,11-12,15-16,19,29H2,1-4H3,(H,30,33). The van der Waals surface area contributed by atoms with Gasteiger partial charge in [-0.25, -0.2) is 4.79 Å². The van der Waals surface area contributed by atoms with E-state index in [-0.39, 0.29) is 18.0 Å². The quantitative estimate of drug-likeness (QED) is 0.363. The fraction of sp³-hybridized carbons (Fsp3) is 0.500. The van der Waals surface area contributed by atoms with Gasteiger partial charge in [0.1, 0.15) is 5.75 Å².